The average molecular weight is 453 g/mol. The lowest BCUT2D eigenvalue weighted by molar-refractivity contribution is 0.0951. The van der Waals surface area contributed by atoms with E-state index in [0.717, 1.165) is 60.1 Å². The number of fused-ring (bicyclic) bond motifs is 8. The predicted octanol–water partition coefficient (Wildman–Crippen LogP) is 5.82. The molecule has 7 heteroatoms. The maximum atomic E-state index is 12.9. The van der Waals surface area contributed by atoms with Gasteiger partial charge in [0.25, 0.3) is 5.91 Å². The Bertz CT molecular complexity index is 1640. The van der Waals surface area contributed by atoms with Gasteiger partial charge >= 0.3 is 0 Å². The number of benzene rings is 3. The van der Waals surface area contributed by atoms with E-state index in [0.29, 0.717) is 17.9 Å². The lowest BCUT2D eigenvalue weighted by atomic mass is 10.00. The molecule has 0 aliphatic rings. The summed E-state index contributed by atoms with van der Waals surface area (Å²) in [6, 6.07) is 13.8. The summed E-state index contributed by atoms with van der Waals surface area (Å²) in [4.78, 5) is 21.6. The summed E-state index contributed by atoms with van der Waals surface area (Å²) in [6.45, 7) is 4.27. The Morgan fingerprint density at radius 2 is 1.79 bits per heavy atom. The van der Waals surface area contributed by atoms with Gasteiger partial charge in [-0.15, -0.1) is 11.3 Å². The van der Waals surface area contributed by atoms with E-state index in [2.05, 4.69) is 33.5 Å². The fourth-order valence-corrected chi connectivity index (χ4v) is 5.17. The van der Waals surface area contributed by atoms with Crippen LogP contribution in [0.2, 0.25) is 0 Å². The van der Waals surface area contributed by atoms with Crippen LogP contribution in [0.3, 0.4) is 0 Å². The number of anilines is 1. The quantitative estimate of drug-likeness (QED) is 0.329. The maximum Gasteiger partial charge on any atom is 0.251 e. The van der Waals surface area contributed by atoms with Crippen LogP contribution in [0.1, 0.15) is 27.2 Å². The molecule has 0 aliphatic heterocycles. The number of nitrogen functional groups attached to an aromatic ring is 1. The van der Waals surface area contributed by atoms with Crippen LogP contribution >= 0.6 is 11.3 Å². The third-order valence-electron chi connectivity index (χ3n) is 6.16. The largest absolute Gasteiger partial charge is 0.455 e. The van der Waals surface area contributed by atoms with E-state index in [1.165, 1.54) is 0 Å². The van der Waals surface area contributed by atoms with Crippen molar-refractivity contribution in [2.45, 2.75) is 20.4 Å². The number of aryl methyl sites for hydroxylation is 2. The molecule has 6 rings (SSSR count). The summed E-state index contributed by atoms with van der Waals surface area (Å²) in [5.41, 5.74) is 12.0. The Hall–Kier alpha value is -3.97. The van der Waals surface area contributed by atoms with Crippen LogP contribution < -0.4 is 11.1 Å². The zero-order chi connectivity index (χ0) is 22.7. The molecule has 0 aliphatic carbocycles. The Morgan fingerprint density at radius 3 is 2.52 bits per heavy atom. The van der Waals surface area contributed by atoms with Crippen LogP contribution in [-0.2, 0) is 6.54 Å². The second-order valence-electron chi connectivity index (χ2n) is 8.23. The number of hydrogen-bond donors (Lipinski definition) is 2. The lowest BCUT2D eigenvalue weighted by Crippen LogP contribution is -2.24. The number of carbonyl (C=O) groups excluding carboxylic acids is 1. The lowest BCUT2D eigenvalue weighted by Gasteiger charge is -2.11. The molecule has 6 nitrogen and oxygen atoms in total. The van der Waals surface area contributed by atoms with Crippen LogP contribution in [-0.4, -0.2) is 15.9 Å². The summed E-state index contributed by atoms with van der Waals surface area (Å²) in [7, 11) is 0. The first kappa shape index (κ1) is 19.7. The zero-order valence-corrected chi connectivity index (χ0v) is 18.9. The number of furan rings is 2. The van der Waals surface area contributed by atoms with Gasteiger partial charge in [-0.2, -0.15) is 0 Å². The van der Waals surface area contributed by atoms with Crippen molar-refractivity contribution in [2.75, 3.05) is 5.73 Å². The minimum Gasteiger partial charge on any atom is -0.455 e. The second kappa shape index (κ2) is 7.28. The van der Waals surface area contributed by atoms with Gasteiger partial charge in [0.05, 0.1) is 0 Å². The number of carbonyl (C=O) groups is 1. The highest BCUT2D eigenvalue weighted by atomic mass is 32.1. The van der Waals surface area contributed by atoms with Crippen LogP contribution in [0.25, 0.3) is 43.3 Å². The molecule has 33 heavy (non-hydrogen) atoms. The Morgan fingerprint density at radius 1 is 1.03 bits per heavy atom. The number of rotatable bonds is 4. The molecule has 6 aromatic rings. The summed E-state index contributed by atoms with van der Waals surface area (Å²) in [6.07, 6.45) is 1.81. The summed E-state index contributed by atoms with van der Waals surface area (Å²) in [5, 5.41) is 10.1. The van der Waals surface area contributed by atoms with Gasteiger partial charge in [0.15, 0.2) is 0 Å². The van der Waals surface area contributed by atoms with Crippen molar-refractivity contribution in [3.05, 3.63) is 76.4 Å². The Labute approximate surface area is 193 Å². The summed E-state index contributed by atoms with van der Waals surface area (Å²) < 4.78 is 6.16. The van der Waals surface area contributed by atoms with Crippen molar-refractivity contribution in [1.82, 2.24) is 15.3 Å². The molecule has 0 spiro atoms. The smallest absolute Gasteiger partial charge is 0.251 e. The number of hydrogen-bond acceptors (Lipinski definition) is 6. The summed E-state index contributed by atoms with van der Waals surface area (Å²) >= 11 is 1.62. The maximum absolute atomic E-state index is 12.9. The fraction of sp³-hybridized carbons (Fsp3) is 0.115. The molecule has 162 valence electrons. The molecule has 0 saturated heterocycles. The second-order valence-corrected chi connectivity index (χ2v) is 9.12. The van der Waals surface area contributed by atoms with Crippen molar-refractivity contribution in [3.8, 4) is 10.6 Å². The van der Waals surface area contributed by atoms with Gasteiger partial charge in [0.2, 0.25) is 0 Å². The van der Waals surface area contributed by atoms with Crippen LogP contribution in [0.4, 0.5) is 5.82 Å². The van der Waals surface area contributed by atoms with E-state index in [9.17, 15) is 4.79 Å². The fourth-order valence-electron chi connectivity index (χ4n) is 4.54. The monoisotopic (exact) mass is 452 g/mol. The van der Waals surface area contributed by atoms with Crippen molar-refractivity contribution in [1.29, 1.82) is 0 Å². The molecular weight excluding hydrogens is 432 g/mol. The van der Waals surface area contributed by atoms with E-state index in [-0.39, 0.29) is 5.91 Å². The van der Waals surface area contributed by atoms with Crippen LogP contribution in [0.15, 0.2) is 58.5 Å². The van der Waals surface area contributed by atoms with E-state index in [1.54, 1.807) is 11.3 Å². The van der Waals surface area contributed by atoms with Crippen LogP contribution in [0.5, 0.6) is 0 Å². The van der Waals surface area contributed by atoms with Gasteiger partial charge in [-0.3, -0.25) is 4.79 Å². The Balaban J connectivity index is 1.33. The highest BCUT2D eigenvalue weighted by Gasteiger charge is 2.20. The molecule has 2 aromatic carbocycles. The number of aromatic nitrogens is 2. The molecule has 0 saturated carbocycles. The molecule has 0 atom stereocenters. The number of pyridine rings is 1. The van der Waals surface area contributed by atoms with Gasteiger partial charge in [0, 0.05) is 56.5 Å². The van der Waals surface area contributed by atoms with E-state index in [4.69, 9.17) is 10.2 Å². The molecule has 0 unspecified atom stereocenters. The minimum absolute atomic E-state index is 0.138. The van der Waals surface area contributed by atoms with Crippen molar-refractivity contribution in [2.24, 2.45) is 0 Å². The standard InChI is InChI=1S/C26H20N4O2S/c1-13-9-22(27)30-14(2)21(13)12-29-25(31)15-3-5-17-19(10-15)23-18-6-4-16(26-28-7-8-33-26)11-20(18)24(17)32-23/h3-11H,12H2,1-2H3,(H2,27,30)(H,29,31). The predicted molar refractivity (Wildman–Crippen MR) is 133 cm³/mol. The number of thiazole rings is 1. The first-order valence-corrected chi connectivity index (χ1v) is 11.5. The normalized spacial score (nSPS) is 11.7. The van der Waals surface area contributed by atoms with Gasteiger partial charge in [0.1, 0.15) is 22.0 Å². The number of nitrogens with zero attached hydrogens (tertiary/aromatic N) is 2. The zero-order valence-electron chi connectivity index (χ0n) is 18.1. The third kappa shape index (κ3) is 3.12. The highest BCUT2D eigenvalue weighted by molar-refractivity contribution is 7.13. The average Bonchev–Trinajstić information content (AvgIpc) is 3.53. The molecule has 0 fully saturated rings. The molecule has 3 N–H and O–H groups in total. The number of amides is 1. The minimum atomic E-state index is -0.138. The van der Waals surface area contributed by atoms with E-state index < -0.39 is 0 Å². The molecule has 2 bridgehead atoms. The third-order valence-corrected chi connectivity index (χ3v) is 6.99. The van der Waals surface area contributed by atoms with Crippen LogP contribution in [0, 0.1) is 13.8 Å². The van der Waals surface area contributed by atoms with Gasteiger partial charge < -0.3 is 15.5 Å². The molecule has 0 radical (unpaired) electrons. The number of nitrogens with two attached hydrogens (primary N) is 1. The van der Waals surface area contributed by atoms with Gasteiger partial charge in [-0.1, -0.05) is 6.07 Å². The van der Waals surface area contributed by atoms with Gasteiger partial charge in [-0.25, -0.2) is 9.97 Å². The first-order valence-electron chi connectivity index (χ1n) is 10.6. The number of nitrogens with one attached hydrogen (secondary N) is 1. The highest BCUT2D eigenvalue weighted by Crippen LogP contribution is 2.42. The van der Waals surface area contributed by atoms with Gasteiger partial charge in [-0.05, 0) is 61.4 Å². The van der Waals surface area contributed by atoms with E-state index in [1.807, 2.05) is 49.7 Å². The molecule has 4 heterocycles. The van der Waals surface area contributed by atoms with Crippen molar-refractivity contribution in [3.63, 3.8) is 0 Å². The van der Waals surface area contributed by atoms with Crippen molar-refractivity contribution < 1.29 is 9.21 Å². The molecule has 1 amide bonds. The first-order chi connectivity index (χ1) is 16.0. The van der Waals surface area contributed by atoms with Crippen molar-refractivity contribution >= 4 is 55.8 Å². The Kier molecular flexibility index (Phi) is 4.35. The topological polar surface area (TPSA) is 94.0 Å². The van der Waals surface area contributed by atoms with E-state index >= 15 is 0 Å². The SMILES string of the molecule is Cc1cc(N)nc(C)c1CNC(=O)c1ccc2c(c1)c1oc2c2cc(-c3nccs3)ccc21. The summed E-state index contributed by atoms with van der Waals surface area (Å²) in [5.74, 6) is 0.350. The molecular formula is C26H20N4O2S. The molecule has 4 aromatic heterocycles.